The van der Waals surface area contributed by atoms with Crippen LogP contribution < -0.4 is 5.32 Å². The summed E-state index contributed by atoms with van der Waals surface area (Å²) in [5.41, 5.74) is 0.644. The quantitative estimate of drug-likeness (QED) is 0.905. The molecule has 2 N–H and O–H groups in total. The molecular weight excluding hydrogens is 264 g/mol. The highest BCUT2D eigenvalue weighted by Gasteiger charge is 2.12. The van der Waals surface area contributed by atoms with Crippen LogP contribution in [0.25, 0.3) is 11.1 Å². The van der Waals surface area contributed by atoms with Gasteiger partial charge in [-0.1, -0.05) is 6.07 Å². The Morgan fingerprint density at radius 1 is 1.15 bits per heavy atom. The van der Waals surface area contributed by atoms with E-state index >= 15 is 0 Å². The van der Waals surface area contributed by atoms with E-state index in [1.54, 1.807) is 6.92 Å². The van der Waals surface area contributed by atoms with Gasteiger partial charge < -0.3 is 10.4 Å². The van der Waals surface area contributed by atoms with Crippen LogP contribution in [0.3, 0.4) is 0 Å². The number of carbonyl (C=O) groups is 1. The van der Waals surface area contributed by atoms with Gasteiger partial charge in [0.2, 0.25) is 0 Å². The lowest BCUT2D eigenvalue weighted by Crippen LogP contribution is -2.23. The standard InChI is InChI=1S/C15H13F2NO2/c1-2-18-15(20)13-4-3-9(7-14(13)17)10-5-11(16)8-12(19)6-10/h3-8,19H,2H2,1H3,(H,18,20). The summed E-state index contributed by atoms with van der Waals surface area (Å²) in [6, 6.07) is 7.44. The van der Waals surface area contributed by atoms with Crippen LogP contribution in [-0.4, -0.2) is 17.6 Å². The van der Waals surface area contributed by atoms with Crippen molar-refractivity contribution >= 4 is 5.91 Å². The van der Waals surface area contributed by atoms with Gasteiger partial charge in [0.1, 0.15) is 17.4 Å². The van der Waals surface area contributed by atoms with Gasteiger partial charge in [0, 0.05) is 12.6 Å². The summed E-state index contributed by atoms with van der Waals surface area (Å²) in [6.45, 7) is 2.14. The topological polar surface area (TPSA) is 49.3 Å². The maximum absolute atomic E-state index is 13.9. The number of nitrogens with one attached hydrogen (secondary N) is 1. The number of phenolic OH excluding ortho intramolecular Hbond substituents is 1. The van der Waals surface area contributed by atoms with Gasteiger partial charge in [0.05, 0.1) is 5.56 Å². The highest BCUT2D eigenvalue weighted by Crippen LogP contribution is 2.26. The van der Waals surface area contributed by atoms with Crippen molar-refractivity contribution in [2.75, 3.05) is 6.54 Å². The first-order chi connectivity index (χ1) is 9.51. The summed E-state index contributed by atoms with van der Waals surface area (Å²) in [6.07, 6.45) is 0. The van der Waals surface area contributed by atoms with Crippen LogP contribution in [-0.2, 0) is 0 Å². The number of benzene rings is 2. The first kappa shape index (κ1) is 14.0. The third-order valence-electron chi connectivity index (χ3n) is 2.77. The van der Waals surface area contributed by atoms with E-state index in [-0.39, 0.29) is 11.3 Å². The first-order valence-electron chi connectivity index (χ1n) is 6.09. The molecule has 104 valence electrons. The Morgan fingerprint density at radius 3 is 2.50 bits per heavy atom. The van der Waals surface area contributed by atoms with Crippen LogP contribution in [0.15, 0.2) is 36.4 Å². The van der Waals surface area contributed by atoms with Crippen molar-refractivity contribution < 1.29 is 18.7 Å². The molecule has 2 rings (SSSR count). The Kier molecular flexibility index (Phi) is 3.98. The molecule has 0 bridgehead atoms. The molecule has 0 spiro atoms. The lowest BCUT2D eigenvalue weighted by atomic mass is 10.0. The Labute approximate surface area is 114 Å². The Bertz CT molecular complexity index is 636. The SMILES string of the molecule is CCNC(=O)c1ccc(-c2cc(O)cc(F)c2)cc1F. The van der Waals surface area contributed by atoms with Crippen molar-refractivity contribution in [3.63, 3.8) is 0 Å². The fraction of sp³-hybridized carbons (Fsp3) is 0.133. The van der Waals surface area contributed by atoms with E-state index in [4.69, 9.17) is 0 Å². The minimum atomic E-state index is -0.697. The fourth-order valence-corrected chi connectivity index (χ4v) is 1.88. The third kappa shape index (κ3) is 2.93. The third-order valence-corrected chi connectivity index (χ3v) is 2.77. The van der Waals surface area contributed by atoms with Crippen LogP contribution in [0.4, 0.5) is 8.78 Å². The molecule has 0 radical (unpaired) electrons. The molecule has 0 heterocycles. The molecule has 20 heavy (non-hydrogen) atoms. The summed E-state index contributed by atoms with van der Waals surface area (Å²) in [5.74, 6) is -2.06. The monoisotopic (exact) mass is 277 g/mol. The zero-order valence-corrected chi connectivity index (χ0v) is 10.8. The van der Waals surface area contributed by atoms with E-state index in [1.807, 2.05) is 0 Å². The van der Waals surface area contributed by atoms with Gasteiger partial charge in [-0.2, -0.15) is 0 Å². The predicted octanol–water partition coefficient (Wildman–Crippen LogP) is 3.09. The summed E-state index contributed by atoms with van der Waals surface area (Å²) in [7, 11) is 0. The highest BCUT2D eigenvalue weighted by atomic mass is 19.1. The molecule has 0 unspecified atom stereocenters. The molecule has 0 aliphatic carbocycles. The van der Waals surface area contributed by atoms with Gasteiger partial charge in [-0.25, -0.2) is 8.78 Å². The smallest absolute Gasteiger partial charge is 0.254 e. The zero-order chi connectivity index (χ0) is 14.7. The highest BCUT2D eigenvalue weighted by molar-refractivity contribution is 5.95. The molecule has 0 aromatic heterocycles. The Balaban J connectivity index is 2.40. The van der Waals surface area contributed by atoms with E-state index in [2.05, 4.69) is 5.32 Å². The number of phenols is 1. The van der Waals surface area contributed by atoms with Gasteiger partial charge in [-0.3, -0.25) is 4.79 Å². The van der Waals surface area contributed by atoms with Crippen LogP contribution in [0.1, 0.15) is 17.3 Å². The molecule has 0 aliphatic rings. The van der Waals surface area contributed by atoms with Crippen molar-refractivity contribution in [1.82, 2.24) is 5.32 Å². The molecule has 0 saturated heterocycles. The molecule has 2 aromatic rings. The normalized spacial score (nSPS) is 10.3. The zero-order valence-electron chi connectivity index (χ0n) is 10.8. The van der Waals surface area contributed by atoms with E-state index in [0.29, 0.717) is 17.7 Å². The van der Waals surface area contributed by atoms with Crippen molar-refractivity contribution in [2.45, 2.75) is 6.92 Å². The first-order valence-corrected chi connectivity index (χ1v) is 6.09. The van der Waals surface area contributed by atoms with Crippen LogP contribution in [0.2, 0.25) is 0 Å². The molecular formula is C15H13F2NO2. The number of hydrogen-bond acceptors (Lipinski definition) is 2. The molecule has 0 aliphatic heterocycles. The average Bonchev–Trinajstić information content (AvgIpc) is 2.37. The number of aromatic hydroxyl groups is 1. The van der Waals surface area contributed by atoms with E-state index < -0.39 is 17.5 Å². The van der Waals surface area contributed by atoms with Crippen molar-refractivity contribution in [3.8, 4) is 16.9 Å². The van der Waals surface area contributed by atoms with Crippen LogP contribution >= 0.6 is 0 Å². The van der Waals surface area contributed by atoms with Gasteiger partial charge >= 0.3 is 0 Å². The predicted molar refractivity (Wildman–Crippen MR) is 71.5 cm³/mol. The largest absolute Gasteiger partial charge is 0.508 e. The maximum Gasteiger partial charge on any atom is 0.254 e. The summed E-state index contributed by atoms with van der Waals surface area (Å²) in [4.78, 5) is 11.6. The summed E-state index contributed by atoms with van der Waals surface area (Å²) >= 11 is 0. The Hall–Kier alpha value is -2.43. The second-order valence-corrected chi connectivity index (χ2v) is 4.25. The second-order valence-electron chi connectivity index (χ2n) is 4.25. The molecule has 0 saturated carbocycles. The lowest BCUT2D eigenvalue weighted by Gasteiger charge is -2.07. The number of hydrogen-bond donors (Lipinski definition) is 2. The molecule has 5 heteroatoms. The minimum absolute atomic E-state index is 0.0729. The number of rotatable bonds is 3. The lowest BCUT2D eigenvalue weighted by molar-refractivity contribution is 0.0952. The van der Waals surface area contributed by atoms with Crippen molar-refractivity contribution in [1.29, 1.82) is 0 Å². The molecule has 2 aromatic carbocycles. The van der Waals surface area contributed by atoms with Crippen LogP contribution in [0.5, 0.6) is 5.75 Å². The number of halogens is 2. The Morgan fingerprint density at radius 2 is 1.90 bits per heavy atom. The fourth-order valence-electron chi connectivity index (χ4n) is 1.88. The van der Waals surface area contributed by atoms with Gasteiger partial charge in [0.15, 0.2) is 0 Å². The summed E-state index contributed by atoms with van der Waals surface area (Å²) < 4.78 is 27.1. The number of amides is 1. The second kappa shape index (κ2) is 5.69. The minimum Gasteiger partial charge on any atom is -0.508 e. The van der Waals surface area contributed by atoms with Gasteiger partial charge in [0.25, 0.3) is 5.91 Å². The molecule has 0 atom stereocenters. The van der Waals surface area contributed by atoms with E-state index in [0.717, 1.165) is 12.1 Å². The molecule has 0 fully saturated rings. The molecule has 3 nitrogen and oxygen atoms in total. The van der Waals surface area contributed by atoms with E-state index in [9.17, 15) is 18.7 Å². The van der Waals surface area contributed by atoms with Crippen molar-refractivity contribution in [2.24, 2.45) is 0 Å². The average molecular weight is 277 g/mol. The van der Waals surface area contributed by atoms with Gasteiger partial charge in [-0.05, 0) is 42.3 Å². The maximum atomic E-state index is 13.9. The molecule has 1 amide bonds. The van der Waals surface area contributed by atoms with Crippen LogP contribution in [0, 0.1) is 11.6 Å². The van der Waals surface area contributed by atoms with Gasteiger partial charge in [-0.15, -0.1) is 0 Å². The summed E-state index contributed by atoms with van der Waals surface area (Å²) in [5, 5.41) is 11.8. The van der Waals surface area contributed by atoms with Crippen molar-refractivity contribution in [3.05, 3.63) is 53.6 Å². The van der Waals surface area contributed by atoms with E-state index in [1.165, 1.54) is 24.3 Å². The number of carbonyl (C=O) groups excluding carboxylic acids is 1.